The third kappa shape index (κ3) is 6.46. The van der Waals surface area contributed by atoms with Gasteiger partial charge in [0.15, 0.2) is 11.2 Å². The number of carbonyl (C=O) groups is 2. The minimum absolute atomic E-state index is 0.00255. The lowest BCUT2D eigenvalue weighted by Gasteiger charge is -2.18. The average Bonchev–Trinajstić information content (AvgIpc) is 3.19. The van der Waals surface area contributed by atoms with E-state index in [1.807, 2.05) is 30.3 Å². The number of nitrogens with zero attached hydrogens (tertiary/aromatic N) is 3. The maximum Gasteiger partial charge on any atom is 0.302 e. The average molecular weight is 443 g/mol. The molecule has 0 aliphatic rings. The fourth-order valence-corrected chi connectivity index (χ4v) is 2.75. The van der Waals surface area contributed by atoms with Gasteiger partial charge in [-0.05, 0) is 5.56 Å². The summed E-state index contributed by atoms with van der Waals surface area (Å²) in [7, 11) is 0. The van der Waals surface area contributed by atoms with Gasteiger partial charge in [-0.3, -0.25) is 29.3 Å². The summed E-state index contributed by atoms with van der Waals surface area (Å²) in [5, 5.41) is 2.52. The minimum Gasteiger partial charge on any atom is -0.463 e. The summed E-state index contributed by atoms with van der Waals surface area (Å²) in [5.74, 6) is -0.690. The number of ether oxygens (including phenoxy) is 3. The van der Waals surface area contributed by atoms with Gasteiger partial charge in [-0.2, -0.15) is 4.98 Å². The molecule has 1 amide bonds. The molecule has 0 radical (unpaired) electrons. The van der Waals surface area contributed by atoms with Crippen LogP contribution in [0.3, 0.4) is 0 Å². The molecule has 11 nitrogen and oxygen atoms in total. The Morgan fingerprint density at radius 1 is 1.22 bits per heavy atom. The molecule has 3 rings (SSSR count). The zero-order valence-electron chi connectivity index (χ0n) is 17.9. The number of H-pyrrole nitrogens is 1. The van der Waals surface area contributed by atoms with E-state index in [-0.39, 0.29) is 49.4 Å². The lowest BCUT2D eigenvalue weighted by atomic mass is 10.2. The van der Waals surface area contributed by atoms with Crippen molar-refractivity contribution >= 4 is 29.0 Å². The molecule has 3 aromatic rings. The summed E-state index contributed by atoms with van der Waals surface area (Å²) in [6.07, 6.45) is 1.10. The minimum atomic E-state index is -0.554. The van der Waals surface area contributed by atoms with Crippen LogP contribution >= 0.6 is 0 Å². The Kier molecular flexibility index (Phi) is 8.06. The van der Waals surface area contributed by atoms with Crippen molar-refractivity contribution < 1.29 is 23.8 Å². The summed E-state index contributed by atoms with van der Waals surface area (Å²) in [6.45, 7) is 3.55. The summed E-state index contributed by atoms with van der Waals surface area (Å²) in [4.78, 5) is 45.9. The molecule has 1 aromatic carbocycles. The van der Waals surface area contributed by atoms with Crippen molar-refractivity contribution in [2.45, 2.75) is 39.7 Å². The molecule has 0 bridgehead atoms. The Hall–Kier alpha value is -3.57. The summed E-state index contributed by atoms with van der Waals surface area (Å²) in [6, 6.07) is 9.64. The van der Waals surface area contributed by atoms with Crippen molar-refractivity contribution in [3.63, 3.8) is 0 Å². The number of esters is 1. The van der Waals surface area contributed by atoms with Crippen LogP contribution in [0.2, 0.25) is 0 Å². The zero-order valence-corrected chi connectivity index (χ0v) is 17.9. The number of carbonyl (C=O) groups excluding carboxylic acids is 2. The van der Waals surface area contributed by atoms with Gasteiger partial charge in [0.25, 0.3) is 5.56 Å². The summed E-state index contributed by atoms with van der Waals surface area (Å²) < 4.78 is 18.1. The Morgan fingerprint density at radius 2 is 2.00 bits per heavy atom. The smallest absolute Gasteiger partial charge is 0.302 e. The number of amides is 1. The van der Waals surface area contributed by atoms with Crippen LogP contribution in [0.4, 0.5) is 5.95 Å². The van der Waals surface area contributed by atoms with Gasteiger partial charge in [-0.15, -0.1) is 0 Å². The number of imidazole rings is 1. The normalized spacial score (nSPS) is 11.9. The number of anilines is 1. The van der Waals surface area contributed by atoms with Crippen molar-refractivity contribution in [2.75, 3.05) is 18.5 Å². The standard InChI is InChI=1S/C21H25N5O6/c1-3-17(28)23-21-24-19-18(20(29)25-21)22-12-26(19)13-32-16(11-31-14(2)27)10-30-9-15-7-5-4-6-8-15/h4-8,12,16H,3,9-11,13H2,1-2H3,(H2,23,24,25,28,29). The Balaban J connectivity index is 1.67. The van der Waals surface area contributed by atoms with Gasteiger partial charge in [0, 0.05) is 13.3 Å². The molecule has 1 unspecified atom stereocenters. The van der Waals surface area contributed by atoms with Crippen LogP contribution in [0.15, 0.2) is 41.5 Å². The molecule has 170 valence electrons. The van der Waals surface area contributed by atoms with Crippen LogP contribution in [0.25, 0.3) is 11.2 Å². The van der Waals surface area contributed by atoms with Gasteiger partial charge >= 0.3 is 5.97 Å². The predicted molar refractivity (Wildman–Crippen MR) is 115 cm³/mol. The molecule has 0 saturated heterocycles. The van der Waals surface area contributed by atoms with E-state index in [2.05, 4.69) is 20.3 Å². The van der Waals surface area contributed by atoms with Crippen molar-refractivity contribution in [1.82, 2.24) is 19.5 Å². The van der Waals surface area contributed by atoms with E-state index < -0.39 is 17.6 Å². The highest BCUT2D eigenvalue weighted by molar-refractivity contribution is 5.89. The summed E-state index contributed by atoms with van der Waals surface area (Å²) in [5.41, 5.74) is 0.879. The molecule has 11 heteroatoms. The molecule has 2 heterocycles. The molecular weight excluding hydrogens is 418 g/mol. The van der Waals surface area contributed by atoms with E-state index in [1.165, 1.54) is 17.8 Å². The molecule has 1 atom stereocenters. The molecule has 0 spiro atoms. The Morgan fingerprint density at radius 3 is 2.72 bits per heavy atom. The van der Waals surface area contributed by atoms with Crippen LogP contribution in [-0.4, -0.2) is 50.7 Å². The topological polar surface area (TPSA) is 137 Å². The lowest BCUT2D eigenvalue weighted by Crippen LogP contribution is -2.28. The molecule has 2 N–H and O–H groups in total. The number of hydrogen-bond acceptors (Lipinski definition) is 8. The van der Waals surface area contributed by atoms with Gasteiger partial charge in [0.05, 0.1) is 19.5 Å². The van der Waals surface area contributed by atoms with Gasteiger partial charge in [-0.1, -0.05) is 37.3 Å². The quantitative estimate of drug-likeness (QED) is 0.426. The maximum atomic E-state index is 12.2. The monoisotopic (exact) mass is 443 g/mol. The second-order valence-electron chi connectivity index (χ2n) is 6.92. The van der Waals surface area contributed by atoms with Gasteiger partial charge < -0.3 is 14.2 Å². The number of rotatable bonds is 11. The molecule has 32 heavy (non-hydrogen) atoms. The SMILES string of the molecule is CCC(=O)Nc1nc2c(ncn2COC(COCc2ccccc2)COC(C)=O)c(=O)[nH]1. The highest BCUT2D eigenvalue weighted by atomic mass is 16.6. The van der Waals surface area contributed by atoms with E-state index in [4.69, 9.17) is 14.2 Å². The molecule has 0 saturated carbocycles. The highest BCUT2D eigenvalue weighted by Gasteiger charge is 2.16. The van der Waals surface area contributed by atoms with Crippen molar-refractivity contribution in [3.05, 3.63) is 52.6 Å². The maximum absolute atomic E-state index is 12.2. The van der Waals surface area contributed by atoms with E-state index >= 15 is 0 Å². The van der Waals surface area contributed by atoms with Crippen LogP contribution in [0.5, 0.6) is 0 Å². The van der Waals surface area contributed by atoms with Crippen molar-refractivity contribution in [2.24, 2.45) is 0 Å². The van der Waals surface area contributed by atoms with Crippen molar-refractivity contribution in [1.29, 1.82) is 0 Å². The summed E-state index contributed by atoms with van der Waals surface area (Å²) >= 11 is 0. The number of aromatic amines is 1. The first-order valence-corrected chi connectivity index (χ1v) is 10.1. The largest absolute Gasteiger partial charge is 0.463 e. The second-order valence-corrected chi connectivity index (χ2v) is 6.92. The third-order valence-electron chi connectivity index (χ3n) is 4.39. The molecule has 0 fully saturated rings. The highest BCUT2D eigenvalue weighted by Crippen LogP contribution is 2.10. The van der Waals surface area contributed by atoms with Crippen LogP contribution in [-0.2, 0) is 37.1 Å². The van der Waals surface area contributed by atoms with E-state index in [1.54, 1.807) is 6.92 Å². The van der Waals surface area contributed by atoms with E-state index in [0.717, 1.165) is 5.56 Å². The first kappa shape index (κ1) is 23.1. The Labute approximate surface area is 183 Å². The van der Waals surface area contributed by atoms with Crippen LogP contribution < -0.4 is 10.9 Å². The van der Waals surface area contributed by atoms with Crippen LogP contribution in [0.1, 0.15) is 25.8 Å². The zero-order chi connectivity index (χ0) is 22.9. The number of nitrogens with one attached hydrogen (secondary N) is 2. The van der Waals surface area contributed by atoms with Crippen molar-refractivity contribution in [3.8, 4) is 0 Å². The molecule has 2 aromatic heterocycles. The first-order valence-electron chi connectivity index (χ1n) is 10.1. The number of benzene rings is 1. The molecular formula is C21H25N5O6. The van der Waals surface area contributed by atoms with Gasteiger partial charge in [0.1, 0.15) is 19.4 Å². The number of fused-ring (bicyclic) bond motifs is 1. The van der Waals surface area contributed by atoms with E-state index in [0.29, 0.717) is 6.61 Å². The fraction of sp³-hybridized carbons (Fsp3) is 0.381. The van der Waals surface area contributed by atoms with Gasteiger partial charge in [-0.25, -0.2) is 4.98 Å². The lowest BCUT2D eigenvalue weighted by molar-refractivity contribution is -0.149. The fourth-order valence-electron chi connectivity index (χ4n) is 2.75. The first-order chi connectivity index (χ1) is 15.5. The predicted octanol–water partition coefficient (Wildman–Crippen LogP) is 1.59. The number of aromatic nitrogens is 4. The molecule has 0 aliphatic carbocycles. The molecule has 0 aliphatic heterocycles. The van der Waals surface area contributed by atoms with Crippen LogP contribution in [0, 0.1) is 0 Å². The second kappa shape index (κ2) is 11.2. The Bertz CT molecular complexity index is 1110. The number of hydrogen-bond donors (Lipinski definition) is 2. The van der Waals surface area contributed by atoms with E-state index in [9.17, 15) is 14.4 Å². The van der Waals surface area contributed by atoms with Gasteiger partial charge in [0.2, 0.25) is 11.9 Å². The third-order valence-corrected chi connectivity index (χ3v) is 4.39.